The van der Waals surface area contributed by atoms with Crippen molar-refractivity contribution in [2.75, 3.05) is 12.4 Å². The fourth-order valence-electron chi connectivity index (χ4n) is 3.24. The molecule has 1 heterocycles. The molecule has 3 aromatic carbocycles. The number of para-hydroxylation sites is 1. The van der Waals surface area contributed by atoms with Gasteiger partial charge in [0.05, 0.1) is 23.7 Å². The van der Waals surface area contributed by atoms with E-state index in [0.29, 0.717) is 22.6 Å². The first kappa shape index (κ1) is 19.8. The second-order valence-electron chi connectivity index (χ2n) is 6.88. The molecule has 6 heteroatoms. The lowest BCUT2D eigenvalue weighted by atomic mass is 10.0. The number of amides is 1. The van der Waals surface area contributed by atoms with Gasteiger partial charge < -0.3 is 10.1 Å². The summed E-state index contributed by atoms with van der Waals surface area (Å²) >= 11 is 1.62. The van der Waals surface area contributed by atoms with Gasteiger partial charge in [0.2, 0.25) is 5.91 Å². The molecule has 4 aromatic rings. The second-order valence-corrected chi connectivity index (χ2v) is 7.91. The van der Waals surface area contributed by atoms with Crippen molar-refractivity contribution >= 4 is 38.9 Å². The van der Waals surface area contributed by atoms with Crippen LogP contribution in [0.4, 0.5) is 5.69 Å². The molecule has 1 aromatic heterocycles. The third-order valence-electron chi connectivity index (χ3n) is 4.73. The topological polar surface area (TPSA) is 68.3 Å². The van der Waals surface area contributed by atoms with Crippen LogP contribution in [0.1, 0.15) is 22.8 Å². The predicted octanol–water partition coefficient (Wildman–Crippen LogP) is 5.36. The first-order valence-electron chi connectivity index (χ1n) is 9.47. The summed E-state index contributed by atoms with van der Waals surface area (Å²) in [7, 11) is 1.55. The highest BCUT2D eigenvalue weighted by molar-refractivity contribution is 7.21. The van der Waals surface area contributed by atoms with Gasteiger partial charge in [-0.15, -0.1) is 11.3 Å². The van der Waals surface area contributed by atoms with Crippen LogP contribution < -0.4 is 10.1 Å². The summed E-state index contributed by atoms with van der Waals surface area (Å²) in [6, 6.07) is 20.8. The fourth-order valence-corrected chi connectivity index (χ4v) is 4.20. The minimum absolute atomic E-state index is 0.0529. The maximum Gasteiger partial charge on any atom is 0.228 e. The molecule has 150 valence electrons. The average molecular weight is 417 g/mol. The molecule has 0 aliphatic carbocycles. The highest BCUT2D eigenvalue weighted by atomic mass is 32.1. The van der Waals surface area contributed by atoms with E-state index in [9.17, 15) is 9.59 Å². The Morgan fingerprint density at radius 1 is 1.03 bits per heavy atom. The lowest BCUT2D eigenvalue weighted by Gasteiger charge is -2.11. The fraction of sp³-hybridized carbons (Fsp3) is 0.125. The number of benzene rings is 3. The Morgan fingerprint density at radius 3 is 2.63 bits per heavy atom. The zero-order valence-corrected chi connectivity index (χ0v) is 17.5. The molecule has 0 unspecified atom stereocenters. The number of carbonyl (C=O) groups is 2. The number of fused-ring (bicyclic) bond motifs is 1. The summed E-state index contributed by atoms with van der Waals surface area (Å²) in [4.78, 5) is 29.0. The number of carbonyl (C=O) groups excluding carboxylic acids is 2. The largest absolute Gasteiger partial charge is 0.496 e. The number of methoxy groups -OCH3 is 1. The third kappa shape index (κ3) is 4.23. The molecular weight excluding hydrogens is 396 g/mol. The quantitative estimate of drug-likeness (QED) is 0.430. The molecular formula is C24H20N2O3S. The Morgan fingerprint density at radius 2 is 1.87 bits per heavy atom. The molecule has 0 spiro atoms. The van der Waals surface area contributed by atoms with Gasteiger partial charge in [-0.05, 0) is 49.4 Å². The number of hydrogen-bond acceptors (Lipinski definition) is 5. The molecule has 30 heavy (non-hydrogen) atoms. The van der Waals surface area contributed by atoms with Crippen LogP contribution in [0.2, 0.25) is 0 Å². The number of nitrogens with one attached hydrogen (secondary N) is 1. The van der Waals surface area contributed by atoms with Gasteiger partial charge in [-0.3, -0.25) is 9.59 Å². The number of Topliss-reactive ketones (excluding diaryl/α,β-unsaturated/α-hetero) is 1. The molecule has 0 saturated carbocycles. The summed E-state index contributed by atoms with van der Waals surface area (Å²) in [5, 5.41) is 3.84. The van der Waals surface area contributed by atoms with Crippen LogP contribution in [0.25, 0.3) is 20.8 Å². The van der Waals surface area contributed by atoms with E-state index in [1.807, 2.05) is 48.5 Å². The van der Waals surface area contributed by atoms with Crippen molar-refractivity contribution in [3.63, 3.8) is 0 Å². The van der Waals surface area contributed by atoms with E-state index in [2.05, 4.69) is 10.3 Å². The SMILES string of the molecule is COc1ccc(C(C)=O)cc1CC(=O)Nc1cccc(-c2nc3ccccc3s2)c1. The van der Waals surface area contributed by atoms with Gasteiger partial charge in [-0.2, -0.15) is 0 Å². The lowest BCUT2D eigenvalue weighted by Crippen LogP contribution is -2.15. The number of ketones is 1. The molecule has 0 saturated heterocycles. The van der Waals surface area contributed by atoms with Crippen molar-refractivity contribution in [3.05, 3.63) is 77.9 Å². The maximum absolute atomic E-state index is 12.7. The van der Waals surface area contributed by atoms with Crippen molar-refractivity contribution in [1.82, 2.24) is 4.98 Å². The van der Waals surface area contributed by atoms with Crippen molar-refractivity contribution in [2.24, 2.45) is 0 Å². The minimum Gasteiger partial charge on any atom is -0.496 e. The molecule has 0 aliphatic heterocycles. The van der Waals surface area contributed by atoms with E-state index in [1.54, 1.807) is 36.6 Å². The summed E-state index contributed by atoms with van der Waals surface area (Å²) in [6.45, 7) is 1.50. The van der Waals surface area contributed by atoms with Gasteiger partial charge >= 0.3 is 0 Å². The number of anilines is 1. The van der Waals surface area contributed by atoms with Gasteiger partial charge in [0.1, 0.15) is 10.8 Å². The molecule has 0 aliphatic rings. The van der Waals surface area contributed by atoms with Crippen molar-refractivity contribution in [2.45, 2.75) is 13.3 Å². The molecule has 0 atom stereocenters. The molecule has 0 bridgehead atoms. The Labute approximate surface area is 178 Å². The minimum atomic E-state index is -0.185. The molecule has 1 amide bonds. The van der Waals surface area contributed by atoms with Crippen LogP contribution in [0.3, 0.4) is 0 Å². The first-order valence-corrected chi connectivity index (χ1v) is 10.3. The number of hydrogen-bond donors (Lipinski definition) is 1. The normalized spacial score (nSPS) is 10.7. The van der Waals surface area contributed by atoms with E-state index < -0.39 is 0 Å². The Balaban J connectivity index is 1.54. The summed E-state index contributed by atoms with van der Waals surface area (Å²) < 4.78 is 6.46. The van der Waals surface area contributed by atoms with E-state index in [0.717, 1.165) is 20.8 Å². The standard InChI is InChI=1S/C24H20N2O3S/c1-15(27)16-10-11-21(29-2)18(12-16)14-23(28)25-19-7-5-6-17(13-19)24-26-20-8-3-4-9-22(20)30-24/h3-13H,14H2,1-2H3,(H,25,28). The predicted molar refractivity (Wildman–Crippen MR) is 120 cm³/mol. The number of ether oxygens (including phenoxy) is 1. The summed E-state index contributed by atoms with van der Waals surface area (Å²) in [5.74, 6) is 0.344. The van der Waals surface area contributed by atoms with E-state index >= 15 is 0 Å². The molecule has 5 nitrogen and oxygen atoms in total. The number of aromatic nitrogens is 1. The lowest BCUT2D eigenvalue weighted by molar-refractivity contribution is -0.115. The van der Waals surface area contributed by atoms with Gasteiger partial charge in [0.25, 0.3) is 0 Å². The van der Waals surface area contributed by atoms with Crippen molar-refractivity contribution in [1.29, 1.82) is 0 Å². The van der Waals surface area contributed by atoms with Crippen molar-refractivity contribution in [3.8, 4) is 16.3 Å². The van der Waals surface area contributed by atoms with E-state index in [1.165, 1.54) is 6.92 Å². The molecule has 0 fully saturated rings. The van der Waals surface area contributed by atoms with Crippen molar-refractivity contribution < 1.29 is 14.3 Å². The first-order chi connectivity index (χ1) is 14.5. The summed E-state index contributed by atoms with van der Waals surface area (Å²) in [5.41, 5.74) is 3.83. The zero-order valence-electron chi connectivity index (χ0n) is 16.6. The number of nitrogens with zero attached hydrogens (tertiary/aromatic N) is 1. The molecule has 4 rings (SSSR count). The van der Waals surface area contributed by atoms with E-state index in [-0.39, 0.29) is 18.1 Å². The second kappa shape index (κ2) is 8.47. The van der Waals surface area contributed by atoms with Gasteiger partial charge in [-0.1, -0.05) is 24.3 Å². The summed E-state index contributed by atoms with van der Waals surface area (Å²) in [6.07, 6.45) is 0.107. The smallest absolute Gasteiger partial charge is 0.228 e. The van der Waals surface area contributed by atoms with Gasteiger partial charge in [0, 0.05) is 22.4 Å². The van der Waals surface area contributed by atoms with Crippen LogP contribution in [0.5, 0.6) is 5.75 Å². The van der Waals surface area contributed by atoms with Crippen LogP contribution in [-0.4, -0.2) is 23.8 Å². The third-order valence-corrected chi connectivity index (χ3v) is 5.81. The Hall–Kier alpha value is -3.51. The van der Waals surface area contributed by atoms with Gasteiger partial charge in [0.15, 0.2) is 5.78 Å². The highest BCUT2D eigenvalue weighted by Gasteiger charge is 2.13. The van der Waals surface area contributed by atoms with Crippen LogP contribution in [0.15, 0.2) is 66.7 Å². The number of rotatable bonds is 6. The Kier molecular flexibility index (Phi) is 5.59. The Bertz CT molecular complexity index is 1210. The van der Waals surface area contributed by atoms with Crippen LogP contribution >= 0.6 is 11.3 Å². The number of thiazole rings is 1. The maximum atomic E-state index is 12.7. The molecule has 1 N–H and O–H groups in total. The van der Waals surface area contributed by atoms with E-state index in [4.69, 9.17) is 4.74 Å². The highest BCUT2D eigenvalue weighted by Crippen LogP contribution is 2.31. The average Bonchev–Trinajstić information content (AvgIpc) is 3.18. The molecule has 0 radical (unpaired) electrons. The monoisotopic (exact) mass is 416 g/mol. The van der Waals surface area contributed by atoms with Gasteiger partial charge in [-0.25, -0.2) is 4.98 Å². The van der Waals surface area contributed by atoms with Crippen LogP contribution in [-0.2, 0) is 11.2 Å². The zero-order chi connectivity index (χ0) is 21.1. The van der Waals surface area contributed by atoms with Crippen LogP contribution in [0, 0.1) is 0 Å².